The lowest BCUT2D eigenvalue weighted by atomic mass is 10.0. The van der Waals surface area contributed by atoms with Crippen LogP contribution in [0.3, 0.4) is 0 Å². The third-order valence-electron chi connectivity index (χ3n) is 5.52. The number of rotatable bonds is 5. The van der Waals surface area contributed by atoms with E-state index >= 15 is 0 Å². The summed E-state index contributed by atoms with van der Waals surface area (Å²) in [5, 5.41) is 5.88. The van der Waals surface area contributed by atoms with Crippen molar-refractivity contribution in [1.29, 1.82) is 0 Å². The molecule has 0 saturated carbocycles. The average Bonchev–Trinajstić information content (AvgIpc) is 3.49. The highest BCUT2D eigenvalue weighted by atomic mass is 79.9. The predicted octanol–water partition coefficient (Wildman–Crippen LogP) is 7.33. The second-order valence-electron chi connectivity index (χ2n) is 7.79. The zero-order valence-corrected chi connectivity index (χ0v) is 21.2. The third kappa shape index (κ3) is 4.50. The molecule has 0 bridgehead atoms. The number of aryl methyl sites for hydroxylation is 1. The summed E-state index contributed by atoms with van der Waals surface area (Å²) in [6, 6.07) is 20.4. The maximum Gasteiger partial charge on any atom is 0.341 e. The van der Waals surface area contributed by atoms with Crippen LogP contribution in [-0.4, -0.2) is 24.0 Å². The lowest BCUT2D eigenvalue weighted by Gasteiger charge is -2.11. The molecule has 0 saturated heterocycles. The van der Waals surface area contributed by atoms with Crippen LogP contribution in [0.4, 0.5) is 5.00 Å². The highest BCUT2D eigenvalue weighted by molar-refractivity contribution is 9.10. The molecule has 6 nitrogen and oxygen atoms in total. The number of para-hydroxylation sites is 1. The molecule has 5 aromatic rings. The fourth-order valence-electron chi connectivity index (χ4n) is 3.83. The van der Waals surface area contributed by atoms with E-state index in [-0.39, 0.29) is 5.91 Å². The van der Waals surface area contributed by atoms with E-state index in [1.165, 1.54) is 18.4 Å². The summed E-state index contributed by atoms with van der Waals surface area (Å²) in [4.78, 5) is 30.9. The van der Waals surface area contributed by atoms with Crippen molar-refractivity contribution < 1.29 is 18.7 Å². The van der Waals surface area contributed by atoms with E-state index in [1.54, 1.807) is 6.07 Å². The molecule has 0 aliphatic heterocycles. The van der Waals surface area contributed by atoms with E-state index in [1.807, 2.05) is 73.0 Å². The molecule has 8 heteroatoms. The van der Waals surface area contributed by atoms with Crippen LogP contribution in [-0.2, 0) is 4.74 Å². The number of pyridine rings is 1. The summed E-state index contributed by atoms with van der Waals surface area (Å²) < 4.78 is 11.7. The molecule has 5 rings (SSSR count). The number of esters is 1. The number of nitrogens with one attached hydrogen (secondary N) is 1. The lowest BCUT2D eigenvalue weighted by Crippen LogP contribution is -2.15. The molecule has 0 aliphatic carbocycles. The molecule has 174 valence electrons. The van der Waals surface area contributed by atoms with Gasteiger partial charge in [-0.15, -0.1) is 11.3 Å². The number of amides is 1. The minimum atomic E-state index is -0.522. The maximum absolute atomic E-state index is 13.5. The second-order valence-corrected chi connectivity index (χ2v) is 9.58. The van der Waals surface area contributed by atoms with E-state index in [4.69, 9.17) is 9.15 Å². The van der Waals surface area contributed by atoms with Crippen molar-refractivity contribution in [2.45, 2.75) is 6.92 Å². The number of methoxy groups -OCH3 is 1. The standard InChI is InChI=1S/C27H19BrN2O4S/c1-15-7-12-23(34-15)22-13-19(18-5-3-4-6-21(18)29-22)25(31)30-26-24(27(32)33-2)20(14-35-26)16-8-10-17(28)11-9-16/h3-14H,1-2H3,(H,30,31). The maximum atomic E-state index is 13.5. The molecule has 35 heavy (non-hydrogen) atoms. The fraction of sp³-hybridized carbons (Fsp3) is 0.0741. The molecule has 1 amide bonds. The van der Waals surface area contributed by atoms with Gasteiger partial charge in [0.25, 0.3) is 5.91 Å². The Morgan fingerprint density at radius 3 is 2.54 bits per heavy atom. The van der Waals surface area contributed by atoms with Crippen LogP contribution in [0.1, 0.15) is 26.5 Å². The van der Waals surface area contributed by atoms with Gasteiger partial charge in [-0.2, -0.15) is 0 Å². The fourth-order valence-corrected chi connectivity index (χ4v) is 5.05. The normalized spacial score (nSPS) is 10.9. The first-order valence-corrected chi connectivity index (χ1v) is 12.4. The number of thiophene rings is 1. The Morgan fingerprint density at radius 1 is 1.06 bits per heavy atom. The first-order valence-electron chi connectivity index (χ1n) is 10.7. The minimum Gasteiger partial charge on any atom is -0.465 e. The summed E-state index contributed by atoms with van der Waals surface area (Å²) in [7, 11) is 1.32. The number of nitrogens with zero attached hydrogens (tertiary/aromatic N) is 1. The van der Waals surface area contributed by atoms with Crippen LogP contribution in [0.2, 0.25) is 0 Å². The molecule has 3 heterocycles. The predicted molar refractivity (Wildman–Crippen MR) is 141 cm³/mol. The van der Waals surface area contributed by atoms with E-state index < -0.39 is 5.97 Å². The van der Waals surface area contributed by atoms with Gasteiger partial charge in [0.2, 0.25) is 0 Å². The molecule has 3 aromatic heterocycles. The molecular weight excluding hydrogens is 528 g/mol. The lowest BCUT2D eigenvalue weighted by molar-refractivity contribution is 0.0603. The number of anilines is 1. The summed E-state index contributed by atoms with van der Waals surface area (Å²) in [6.45, 7) is 1.85. The average molecular weight is 547 g/mol. The van der Waals surface area contributed by atoms with Gasteiger partial charge in [-0.05, 0) is 48.9 Å². The van der Waals surface area contributed by atoms with Crippen molar-refractivity contribution >= 4 is 55.0 Å². The summed E-state index contributed by atoms with van der Waals surface area (Å²) in [5.74, 6) is 0.447. The molecular formula is C27H19BrN2O4S. The molecule has 0 aliphatic rings. The Bertz CT molecular complexity index is 1570. The number of aromatic nitrogens is 1. The quantitative estimate of drug-likeness (QED) is 0.233. The van der Waals surface area contributed by atoms with Crippen LogP contribution in [0, 0.1) is 6.92 Å². The van der Waals surface area contributed by atoms with Crippen LogP contribution in [0.25, 0.3) is 33.5 Å². The molecule has 0 fully saturated rings. The van der Waals surface area contributed by atoms with Gasteiger partial charge >= 0.3 is 5.97 Å². The van der Waals surface area contributed by atoms with Gasteiger partial charge in [0, 0.05) is 20.8 Å². The Labute approximate surface area is 213 Å². The van der Waals surface area contributed by atoms with Gasteiger partial charge in [-0.25, -0.2) is 9.78 Å². The number of ether oxygens (including phenoxy) is 1. The summed E-state index contributed by atoms with van der Waals surface area (Å²) in [6.07, 6.45) is 0. The SMILES string of the molecule is COC(=O)c1c(-c2ccc(Br)cc2)csc1NC(=O)c1cc(-c2ccc(C)o2)nc2ccccc12. The molecule has 0 radical (unpaired) electrons. The van der Waals surface area contributed by atoms with E-state index in [0.29, 0.717) is 44.0 Å². The largest absolute Gasteiger partial charge is 0.465 e. The molecule has 2 aromatic carbocycles. The number of benzene rings is 2. The van der Waals surface area contributed by atoms with Crippen molar-refractivity contribution in [3.63, 3.8) is 0 Å². The molecule has 0 spiro atoms. The summed E-state index contributed by atoms with van der Waals surface area (Å²) >= 11 is 4.70. The first kappa shape index (κ1) is 23.0. The van der Waals surface area contributed by atoms with E-state index in [0.717, 1.165) is 15.8 Å². The van der Waals surface area contributed by atoms with Crippen molar-refractivity contribution in [2.24, 2.45) is 0 Å². The van der Waals surface area contributed by atoms with Crippen LogP contribution >= 0.6 is 27.3 Å². The number of halogens is 1. The third-order valence-corrected chi connectivity index (χ3v) is 6.94. The summed E-state index contributed by atoms with van der Waals surface area (Å²) in [5.41, 5.74) is 3.49. The van der Waals surface area contributed by atoms with Gasteiger partial charge in [0.05, 0.1) is 18.2 Å². The smallest absolute Gasteiger partial charge is 0.341 e. The van der Waals surface area contributed by atoms with Gasteiger partial charge in [0.15, 0.2) is 5.76 Å². The Kier molecular flexibility index (Phi) is 6.23. The monoisotopic (exact) mass is 546 g/mol. The number of fused-ring (bicyclic) bond motifs is 1. The number of hydrogen-bond donors (Lipinski definition) is 1. The number of furan rings is 1. The van der Waals surface area contributed by atoms with Gasteiger partial charge in [-0.3, -0.25) is 4.79 Å². The second kappa shape index (κ2) is 9.48. The van der Waals surface area contributed by atoms with Crippen molar-refractivity contribution in [2.75, 3.05) is 12.4 Å². The first-order chi connectivity index (χ1) is 16.9. The van der Waals surface area contributed by atoms with Crippen LogP contribution < -0.4 is 5.32 Å². The van der Waals surface area contributed by atoms with Crippen molar-refractivity contribution in [3.05, 3.63) is 93.5 Å². The Morgan fingerprint density at radius 2 is 1.83 bits per heavy atom. The minimum absolute atomic E-state index is 0.313. The molecule has 1 N–H and O–H groups in total. The number of carbonyl (C=O) groups excluding carboxylic acids is 2. The zero-order chi connectivity index (χ0) is 24.5. The topological polar surface area (TPSA) is 81.4 Å². The zero-order valence-electron chi connectivity index (χ0n) is 18.8. The van der Waals surface area contributed by atoms with E-state index in [9.17, 15) is 9.59 Å². The highest BCUT2D eigenvalue weighted by Gasteiger charge is 2.24. The van der Waals surface area contributed by atoms with Gasteiger partial charge in [-0.1, -0.05) is 46.3 Å². The van der Waals surface area contributed by atoms with Gasteiger partial charge in [0.1, 0.15) is 22.0 Å². The molecule has 0 atom stereocenters. The van der Waals surface area contributed by atoms with E-state index in [2.05, 4.69) is 26.2 Å². The number of hydrogen-bond acceptors (Lipinski definition) is 6. The van der Waals surface area contributed by atoms with Gasteiger partial charge < -0.3 is 14.5 Å². The Balaban J connectivity index is 1.58. The van der Waals surface area contributed by atoms with Crippen molar-refractivity contribution in [1.82, 2.24) is 4.98 Å². The van der Waals surface area contributed by atoms with Crippen molar-refractivity contribution in [3.8, 4) is 22.6 Å². The van der Waals surface area contributed by atoms with Crippen LogP contribution in [0.5, 0.6) is 0 Å². The Hall–Kier alpha value is -3.75. The number of carbonyl (C=O) groups is 2. The van der Waals surface area contributed by atoms with Crippen LogP contribution in [0.15, 0.2) is 81.0 Å². The highest BCUT2D eigenvalue weighted by Crippen LogP contribution is 2.37. The molecule has 0 unspecified atom stereocenters.